The number of guanidine groups is 1. The van der Waals surface area contributed by atoms with Gasteiger partial charge in [-0.3, -0.25) is 4.99 Å². The van der Waals surface area contributed by atoms with Gasteiger partial charge in [-0.2, -0.15) is 0 Å². The van der Waals surface area contributed by atoms with Gasteiger partial charge in [-0.05, 0) is 37.6 Å². The summed E-state index contributed by atoms with van der Waals surface area (Å²) in [4.78, 5) is 9.07. The Bertz CT molecular complexity index is 844. The van der Waals surface area contributed by atoms with Crippen molar-refractivity contribution in [3.05, 3.63) is 60.9 Å². The van der Waals surface area contributed by atoms with Gasteiger partial charge < -0.3 is 19.9 Å². The third-order valence-corrected chi connectivity index (χ3v) is 4.11. The molecule has 1 heterocycles. The Morgan fingerprint density at radius 2 is 1.89 bits per heavy atom. The molecule has 0 saturated heterocycles. The zero-order chi connectivity index (χ0) is 18.7. The van der Waals surface area contributed by atoms with Crippen LogP contribution < -0.4 is 15.4 Å². The van der Waals surface area contributed by atoms with Gasteiger partial charge in [0.15, 0.2) is 5.96 Å². The van der Waals surface area contributed by atoms with Crippen LogP contribution in [0.15, 0.2) is 65.9 Å². The van der Waals surface area contributed by atoms with E-state index in [0.717, 1.165) is 43.3 Å². The number of fused-ring (bicyclic) bond motifs is 1. The Morgan fingerprint density at radius 3 is 2.74 bits per heavy atom. The van der Waals surface area contributed by atoms with Gasteiger partial charge in [0.25, 0.3) is 0 Å². The largest absolute Gasteiger partial charge is 0.492 e. The van der Waals surface area contributed by atoms with Crippen molar-refractivity contribution in [2.24, 2.45) is 4.99 Å². The Hall–Kier alpha value is -3.02. The number of benzene rings is 2. The van der Waals surface area contributed by atoms with E-state index in [0.29, 0.717) is 13.2 Å². The molecule has 0 spiro atoms. The quantitative estimate of drug-likeness (QED) is 0.348. The average molecular weight is 365 g/mol. The summed E-state index contributed by atoms with van der Waals surface area (Å²) in [6.07, 6.45) is 2.86. The summed E-state index contributed by atoms with van der Waals surface area (Å²) in [7, 11) is 0. The highest BCUT2D eigenvalue weighted by atomic mass is 16.5. The summed E-state index contributed by atoms with van der Waals surface area (Å²) < 4.78 is 7.87. The molecule has 0 radical (unpaired) electrons. The third kappa shape index (κ3) is 5.74. The van der Waals surface area contributed by atoms with Crippen LogP contribution in [-0.2, 0) is 6.54 Å². The topological polar surface area (TPSA) is 63.5 Å². The predicted molar refractivity (Wildman–Crippen MR) is 110 cm³/mol. The fourth-order valence-electron chi connectivity index (χ4n) is 2.82. The van der Waals surface area contributed by atoms with Crippen molar-refractivity contribution in [2.75, 3.05) is 26.2 Å². The first-order valence-electron chi connectivity index (χ1n) is 9.46. The first kappa shape index (κ1) is 18.8. The van der Waals surface area contributed by atoms with E-state index >= 15 is 0 Å². The lowest BCUT2D eigenvalue weighted by Gasteiger charge is -2.12. The van der Waals surface area contributed by atoms with E-state index in [1.165, 1.54) is 5.52 Å². The minimum absolute atomic E-state index is 0.593. The normalized spacial score (nSPS) is 11.5. The third-order valence-electron chi connectivity index (χ3n) is 4.11. The predicted octanol–water partition coefficient (Wildman–Crippen LogP) is 3.06. The molecular weight excluding hydrogens is 338 g/mol. The number of nitrogens with one attached hydrogen (secondary N) is 2. The van der Waals surface area contributed by atoms with E-state index in [1.54, 1.807) is 0 Å². The molecule has 0 fully saturated rings. The number of nitrogens with zero attached hydrogens (tertiary/aromatic N) is 3. The zero-order valence-corrected chi connectivity index (χ0v) is 15.8. The molecular formula is C21H27N5O. The molecule has 3 aromatic rings. The molecule has 0 unspecified atom stereocenters. The van der Waals surface area contributed by atoms with E-state index in [2.05, 4.69) is 38.2 Å². The standard InChI is InChI=1S/C21H27N5O/c1-2-22-21(24-14-16-27-18-9-4-3-5-10-18)23-13-8-15-26-17-25-19-11-6-7-12-20(19)26/h3-7,9-12,17H,2,8,13-16H2,1H3,(H2,22,23,24). The number of ether oxygens (including phenoxy) is 1. The highest BCUT2D eigenvalue weighted by Gasteiger charge is 2.01. The van der Waals surface area contributed by atoms with Crippen LogP contribution in [0.4, 0.5) is 0 Å². The second-order valence-corrected chi connectivity index (χ2v) is 6.13. The van der Waals surface area contributed by atoms with Gasteiger partial charge in [0, 0.05) is 19.6 Å². The fourth-order valence-corrected chi connectivity index (χ4v) is 2.82. The smallest absolute Gasteiger partial charge is 0.191 e. The summed E-state index contributed by atoms with van der Waals surface area (Å²) in [6.45, 7) is 5.84. The molecule has 0 aliphatic rings. The molecule has 6 nitrogen and oxygen atoms in total. The first-order chi connectivity index (χ1) is 13.4. The monoisotopic (exact) mass is 365 g/mol. The second-order valence-electron chi connectivity index (χ2n) is 6.13. The molecule has 0 saturated carbocycles. The number of rotatable bonds is 9. The molecule has 142 valence electrons. The van der Waals surface area contributed by atoms with Gasteiger partial charge >= 0.3 is 0 Å². The van der Waals surface area contributed by atoms with Crippen LogP contribution in [0.1, 0.15) is 13.3 Å². The molecule has 2 N–H and O–H groups in total. The van der Waals surface area contributed by atoms with Crippen LogP contribution in [0.2, 0.25) is 0 Å². The van der Waals surface area contributed by atoms with Gasteiger partial charge in [0.2, 0.25) is 0 Å². The lowest BCUT2D eigenvalue weighted by molar-refractivity contribution is 0.322. The highest BCUT2D eigenvalue weighted by Crippen LogP contribution is 2.12. The average Bonchev–Trinajstić information content (AvgIpc) is 3.12. The summed E-state index contributed by atoms with van der Waals surface area (Å²) in [5.74, 6) is 1.71. The molecule has 0 aliphatic carbocycles. The van der Waals surface area contributed by atoms with Gasteiger partial charge in [-0.15, -0.1) is 0 Å². The molecule has 3 rings (SSSR count). The summed E-state index contributed by atoms with van der Waals surface area (Å²) in [5, 5.41) is 6.58. The molecule has 0 aliphatic heterocycles. The van der Waals surface area contributed by atoms with Gasteiger partial charge in [-0.1, -0.05) is 30.3 Å². The number of aliphatic imine (C=N–C) groups is 1. The van der Waals surface area contributed by atoms with Gasteiger partial charge in [0.1, 0.15) is 12.4 Å². The summed E-state index contributed by atoms with van der Waals surface area (Å²) in [6, 6.07) is 18.0. The lowest BCUT2D eigenvalue weighted by Crippen LogP contribution is -2.39. The first-order valence-corrected chi connectivity index (χ1v) is 9.46. The Labute approximate surface area is 160 Å². The molecule has 2 aromatic carbocycles. The van der Waals surface area contributed by atoms with Crippen molar-refractivity contribution in [1.82, 2.24) is 20.2 Å². The van der Waals surface area contributed by atoms with Crippen molar-refractivity contribution < 1.29 is 4.74 Å². The molecule has 0 bridgehead atoms. The summed E-state index contributed by atoms with van der Waals surface area (Å²) >= 11 is 0. The molecule has 27 heavy (non-hydrogen) atoms. The van der Waals surface area contributed by atoms with Crippen LogP contribution in [0.25, 0.3) is 11.0 Å². The number of imidazole rings is 1. The number of aromatic nitrogens is 2. The maximum atomic E-state index is 5.69. The van der Waals surface area contributed by atoms with Crippen LogP contribution >= 0.6 is 0 Å². The molecule has 6 heteroatoms. The molecule has 0 amide bonds. The van der Waals surface area contributed by atoms with Crippen LogP contribution in [0.3, 0.4) is 0 Å². The van der Waals surface area contributed by atoms with Crippen LogP contribution in [0.5, 0.6) is 5.75 Å². The molecule has 1 aromatic heterocycles. The second kappa shape index (κ2) is 10.2. The van der Waals surface area contributed by atoms with E-state index < -0.39 is 0 Å². The van der Waals surface area contributed by atoms with E-state index in [1.807, 2.05) is 54.9 Å². The van der Waals surface area contributed by atoms with Crippen molar-refractivity contribution >= 4 is 17.0 Å². The Kier molecular flexibility index (Phi) is 7.09. The van der Waals surface area contributed by atoms with Crippen LogP contribution in [0, 0.1) is 0 Å². The van der Waals surface area contributed by atoms with Crippen molar-refractivity contribution in [3.8, 4) is 5.75 Å². The number of para-hydroxylation sites is 3. The lowest BCUT2D eigenvalue weighted by atomic mass is 10.3. The van der Waals surface area contributed by atoms with E-state index in [9.17, 15) is 0 Å². The SMILES string of the molecule is CCNC(=NCCCn1cnc2ccccc21)NCCOc1ccccc1. The highest BCUT2D eigenvalue weighted by molar-refractivity contribution is 5.79. The van der Waals surface area contributed by atoms with Gasteiger partial charge in [0.05, 0.1) is 23.9 Å². The van der Waals surface area contributed by atoms with Crippen molar-refractivity contribution in [1.29, 1.82) is 0 Å². The number of hydrogen-bond donors (Lipinski definition) is 2. The zero-order valence-electron chi connectivity index (χ0n) is 15.8. The maximum Gasteiger partial charge on any atom is 0.191 e. The Morgan fingerprint density at radius 1 is 1.07 bits per heavy atom. The van der Waals surface area contributed by atoms with E-state index in [-0.39, 0.29) is 0 Å². The van der Waals surface area contributed by atoms with Crippen molar-refractivity contribution in [3.63, 3.8) is 0 Å². The Balaban J connectivity index is 1.41. The van der Waals surface area contributed by atoms with Crippen molar-refractivity contribution in [2.45, 2.75) is 19.9 Å². The fraction of sp³-hybridized carbons (Fsp3) is 0.333. The number of hydrogen-bond acceptors (Lipinski definition) is 3. The molecule has 0 atom stereocenters. The summed E-state index contributed by atoms with van der Waals surface area (Å²) in [5.41, 5.74) is 2.21. The van der Waals surface area contributed by atoms with E-state index in [4.69, 9.17) is 4.74 Å². The number of aryl methyl sites for hydroxylation is 1. The minimum atomic E-state index is 0.593. The van der Waals surface area contributed by atoms with Crippen LogP contribution in [-0.4, -0.2) is 41.8 Å². The maximum absolute atomic E-state index is 5.69. The minimum Gasteiger partial charge on any atom is -0.492 e. The van der Waals surface area contributed by atoms with Gasteiger partial charge in [-0.25, -0.2) is 4.98 Å².